The van der Waals surface area contributed by atoms with Gasteiger partial charge in [0.2, 0.25) is 0 Å². The van der Waals surface area contributed by atoms with E-state index in [0.29, 0.717) is 6.61 Å². The number of nitrogens with two attached hydrogens (primary N) is 1. The van der Waals surface area contributed by atoms with Crippen molar-refractivity contribution in [1.82, 2.24) is 0 Å². The van der Waals surface area contributed by atoms with Crippen LogP contribution in [0.25, 0.3) is 0 Å². The lowest BCUT2D eigenvalue weighted by molar-refractivity contribution is 0.166. The number of hydrogen-bond acceptors (Lipinski definition) is 3. The smallest absolute Gasteiger partial charge is 0.129 e. The zero-order chi connectivity index (χ0) is 11.5. The first-order valence-corrected chi connectivity index (χ1v) is 5.39. The van der Waals surface area contributed by atoms with Crippen molar-refractivity contribution >= 4 is 17.2 Å². The number of nitrogens with zero attached hydrogens (tertiary/aromatic N) is 2. The van der Waals surface area contributed by atoms with Gasteiger partial charge in [0.05, 0.1) is 6.61 Å². The van der Waals surface area contributed by atoms with E-state index in [1.165, 1.54) is 5.56 Å². The second kappa shape index (κ2) is 4.53. The molecule has 0 radical (unpaired) electrons. The molecule has 0 unspecified atom stereocenters. The third-order valence-electron chi connectivity index (χ3n) is 2.77. The Kier molecular flexibility index (Phi) is 3.10. The highest BCUT2D eigenvalue weighted by Crippen LogP contribution is 2.23. The molecule has 0 bridgehead atoms. The molecule has 1 heterocycles. The highest BCUT2D eigenvalue weighted by Gasteiger charge is 2.19. The average Bonchev–Trinajstić information content (AvgIpc) is 2.29. The van der Waals surface area contributed by atoms with E-state index in [1.807, 2.05) is 18.2 Å². The standard InChI is InChI=1S/C12H17N3O/c1-9-7-10(13)3-4-11(9)15-5-6-16-8-12(15)14-2/h3-4,7H,5-6,8,13H2,1-2H3. The molecule has 1 saturated heterocycles. The molecule has 0 saturated carbocycles. The maximum absolute atomic E-state index is 5.75. The van der Waals surface area contributed by atoms with Gasteiger partial charge in [0, 0.05) is 25.0 Å². The van der Waals surface area contributed by atoms with Crippen molar-refractivity contribution in [3.05, 3.63) is 23.8 Å². The summed E-state index contributed by atoms with van der Waals surface area (Å²) in [6.07, 6.45) is 0. The third-order valence-corrected chi connectivity index (χ3v) is 2.77. The van der Waals surface area contributed by atoms with E-state index in [-0.39, 0.29) is 0 Å². The lowest BCUT2D eigenvalue weighted by Gasteiger charge is -2.31. The highest BCUT2D eigenvalue weighted by molar-refractivity contribution is 5.99. The normalized spacial score (nSPS) is 19.1. The van der Waals surface area contributed by atoms with Crippen LogP contribution < -0.4 is 10.6 Å². The van der Waals surface area contributed by atoms with Crippen molar-refractivity contribution in [2.45, 2.75) is 6.92 Å². The fourth-order valence-electron chi connectivity index (χ4n) is 1.95. The Hall–Kier alpha value is -1.55. The number of aryl methyl sites for hydroxylation is 1. The Morgan fingerprint density at radius 2 is 2.25 bits per heavy atom. The van der Waals surface area contributed by atoms with Gasteiger partial charge in [0.15, 0.2) is 0 Å². The van der Waals surface area contributed by atoms with Gasteiger partial charge in [-0.05, 0) is 30.7 Å². The average molecular weight is 219 g/mol. The van der Waals surface area contributed by atoms with Gasteiger partial charge in [-0.25, -0.2) is 0 Å². The monoisotopic (exact) mass is 219 g/mol. The summed E-state index contributed by atoms with van der Waals surface area (Å²) < 4.78 is 5.39. The summed E-state index contributed by atoms with van der Waals surface area (Å²) in [7, 11) is 1.80. The lowest BCUT2D eigenvalue weighted by atomic mass is 10.1. The molecule has 2 N–H and O–H groups in total. The van der Waals surface area contributed by atoms with Crippen LogP contribution in [0.15, 0.2) is 23.2 Å². The van der Waals surface area contributed by atoms with E-state index in [4.69, 9.17) is 10.5 Å². The minimum atomic E-state index is 0.584. The molecule has 4 heteroatoms. The molecule has 0 amide bonds. The van der Waals surface area contributed by atoms with Crippen LogP contribution in [0, 0.1) is 6.92 Å². The van der Waals surface area contributed by atoms with Gasteiger partial charge in [0.25, 0.3) is 0 Å². The zero-order valence-electron chi connectivity index (χ0n) is 9.73. The van der Waals surface area contributed by atoms with Crippen LogP contribution in [0.4, 0.5) is 11.4 Å². The molecule has 0 aliphatic carbocycles. The fraction of sp³-hybridized carbons (Fsp3) is 0.417. The minimum Gasteiger partial charge on any atom is -0.399 e. The van der Waals surface area contributed by atoms with Crippen molar-refractivity contribution in [1.29, 1.82) is 0 Å². The number of aliphatic imine (C=N–C) groups is 1. The highest BCUT2D eigenvalue weighted by atomic mass is 16.5. The second-order valence-electron chi connectivity index (χ2n) is 3.89. The van der Waals surface area contributed by atoms with Crippen molar-refractivity contribution < 1.29 is 4.74 Å². The number of anilines is 2. The molecule has 4 nitrogen and oxygen atoms in total. The van der Waals surface area contributed by atoms with Crippen LogP contribution in [0.1, 0.15) is 5.56 Å². The molecule has 0 spiro atoms. The SMILES string of the molecule is CN=C1COCCN1c1ccc(N)cc1C. The van der Waals surface area contributed by atoms with Crippen LogP contribution >= 0.6 is 0 Å². The number of benzene rings is 1. The summed E-state index contributed by atoms with van der Waals surface area (Å²) >= 11 is 0. The summed E-state index contributed by atoms with van der Waals surface area (Å²) in [6, 6.07) is 5.95. The molecule has 1 fully saturated rings. The number of hydrogen-bond donors (Lipinski definition) is 1. The van der Waals surface area contributed by atoms with Crippen molar-refractivity contribution in [3.63, 3.8) is 0 Å². The number of amidine groups is 1. The van der Waals surface area contributed by atoms with Crippen LogP contribution in [0.3, 0.4) is 0 Å². The number of rotatable bonds is 1. The van der Waals surface area contributed by atoms with Gasteiger partial charge in [-0.1, -0.05) is 0 Å². The number of nitrogen functional groups attached to an aromatic ring is 1. The van der Waals surface area contributed by atoms with Crippen LogP contribution in [0.5, 0.6) is 0 Å². The minimum absolute atomic E-state index is 0.584. The molecule has 0 atom stereocenters. The largest absolute Gasteiger partial charge is 0.399 e. The Bertz CT molecular complexity index is 415. The summed E-state index contributed by atoms with van der Waals surface area (Å²) in [5, 5.41) is 0. The van der Waals surface area contributed by atoms with E-state index >= 15 is 0 Å². The van der Waals surface area contributed by atoms with Crippen LogP contribution in [-0.4, -0.2) is 32.6 Å². The van der Waals surface area contributed by atoms with Gasteiger partial charge in [-0.15, -0.1) is 0 Å². The third kappa shape index (κ3) is 2.02. The van der Waals surface area contributed by atoms with Crippen molar-refractivity contribution in [2.75, 3.05) is 37.4 Å². The molecule has 1 aromatic carbocycles. The summed E-state index contributed by atoms with van der Waals surface area (Å²) in [6.45, 7) is 4.23. The second-order valence-corrected chi connectivity index (χ2v) is 3.89. The lowest BCUT2D eigenvalue weighted by Crippen LogP contribution is -2.42. The Morgan fingerprint density at radius 1 is 1.44 bits per heavy atom. The molecule has 1 aliphatic heterocycles. The van der Waals surface area contributed by atoms with E-state index in [0.717, 1.165) is 30.4 Å². The maximum atomic E-state index is 5.75. The summed E-state index contributed by atoms with van der Waals surface area (Å²) in [5.74, 6) is 0.971. The van der Waals surface area contributed by atoms with Gasteiger partial charge >= 0.3 is 0 Å². The number of ether oxygens (including phenoxy) is 1. The molecule has 16 heavy (non-hydrogen) atoms. The fourth-order valence-corrected chi connectivity index (χ4v) is 1.95. The zero-order valence-corrected chi connectivity index (χ0v) is 9.73. The molecular weight excluding hydrogens is 202 g/mol. The van der Waals surface area contributed by atoms with Crippen LogP contribution in [-0.2, 0) is 4.74 Å². The van der Waals surface area contributed by atoms with E-state index in [1.54, 1.807) is 7.05 Å². The van der Waals surface area contributed by atoms with E-state index < -0.39 is 0 Å². The predicted octanol–water partition coefficient (Wildman–Crippen LogP) is 1.44. The van der Waals surface area contributed by atoms with Crippen molar-refractivity contribution in [3.8, 4) is 0 Å². The quantitative estimate of drug-likeness (QED) is 0.727. The van der Waals surface area contributed by atoms with Gasteiger partial charge in [-0.2, -0.15) is 0 Å². The van der Waals surface area contributed by atoms with E-state index in [9.17, 15) is 0 Å². The number of morpholine rings is 1. The van der Waals surface area contributed by atoms with Crippen molar-refractivity contribution in [2.24, 2.45) is 4.99 Å². The van der Waals surface area contributed by atoms with Crippen LogP contribution in [0.2, 0.25) is 0 Å². The molecule has 2 rings (SSSR count). The Morgan fingerprint density at radius 3 is 2.94 bits per heavy atom. The molecule has 1 aliphatic rings. The Balaban J connectivity index is 2.34. The topological polar surface area (TPSA) is 50.8 Å². The summed E-state index contributed by atoms with van der Waals surface area (Å²) in [5.41, 5.74) is 8.88. The summed E-state index contributed by atoms with van der Waals surface area (Å²) in [4.78, 5) is 6.45. The van der Waals surface area contributed by atoms with Gasteiger partial charge in [0.1, 0.15) is 12.4 Å². The molecular formula is C12H17N3O. The van der Waals surface area contributed by atoms with E-state index in [2.05, 4.69) is 16.8 Å². The van der Waals surface area contributed by atoms with Gasteiger partial charge in [-0.3, -0.25) is 4.99 Å². The first kappa shape index (κ1) is 11.0. The first-order valence-electron chi connectivity index (χ1n) is 5.39. The molecule has 86 valence electrons. The molecule has 0 aromatic heterocycles. The Labute approximate surface area is 95.7 Å². The maximum Gasteiger partial charge on any atom is 0.129 e. The van der Waals surface area contributed by atoms with Gasteiger partial charge < -0.3 is 15.4 Å². The first-order chi connectivity index (χ1) is 7.72. The predicted molar refractivity (Wildman–Crippen MR) is 67.1 cm³/mol. The molecule has 1 aromatic rings.